The molecule has 0 fully saturated rings. The van der Waals surface area contributed by atoms with Gasteiger partial charge >= 0.3 is 0 Å². The maximum atomic E-state index is 5.39. The highest BCUT2D eigenvalue weighted by molar-refractivity contribution is 6.10. The predicted molar refractivity (Wildman–Crippen MR) is 236 cm³/mol. The van der Waals surface area contributed by atoms with Crippen LogP contribution < -0.4 is 4.90 Å². The van der Waals surface area contributed by atoms with Gasteiger partial charge in [-0.3, -0.25) is 0 Å². The van der Waals surface area contributed by atoms with Crippen LogP contribution in [0.4, 0.5) is 11.4 Å². The Morgan fingerprint density at radius 1 is 0.536 bits per heavy atom. The smallest absolute Gasteiger partial charge is 0.160 e. The molecule has 0 N–H and O–H groups in total. The maximum Gasteiger partial charge on any atom is 0.160 e. The molecule has 0 aliphatic rings. The SMILES string of the molecule is C=CC(C)(C)N(c1ccccc1C)c1cccc(-c2cc(-c3ccccc3)nc(-c3ccccc3)n2)c1-c1ccccc1-n1c2ccccc2c2ccccc21. The van der Waals surface area contributed by atoms with Crippen molar-refractivity contribution >= 4 is 33.2 Å². The molecule has 56 heavy (non-hydrogen) atoms. The Morgan fingerprint density at radius 2 is 1.07 bits per heavy atom. The van der Waals surface area contributed by atoms with E-state index in [9.17, 15) is 0 Å². The quantitative estimate of drug-likeness (QED) is 0.139. The van der Waals surface area contributed by atoms with Crippen LogP contribution in [0, 0.1) is 6.92 Å². The van der Waals surface area contributed by atoms with Crippen LogP contribution in [0.25, 0.3) is 72.5 Å². The van der Waals surface area contributed by atoms with Gasteiger partial charge in [-0.05, 0) is 62.7 Å². The summed E-state index contributed by atoms with van der Waals surface area (Å²) >= 11 is 0. The van der Waals surface area contributed by atoms with Gasteiger partial charge in [0.05, 0.1) is 39.3 Å². The van der Waals surface area contributed by atoms with Gasteiger partial charge in [-0.25, -0.2) is 9.97 Å². The zero-order valence-corrected chi connectivity index (χ0v) is 31.9. The molecule has 0 unspecified atom stereocenters. The molecule has 0 saturated carbocycles. The second-order valence-electron chi connectivity index (χ2n) is 14.8. The van der Waals surface area contributed by atoms with E-state index in [1.807, 2.05) is 30.3 Å². The van der Waals surface area contributed by atoms with Crippen LogP contribution in [0.15, 0.2) is 195 Å². The van der Waals surface area contributed by atoms with Crippen molar-refractivity contribution in [1.29, 1.82) is 0 Å². The summed E-state index contributed by atoms with van der Waals surface area (Å²) in [5.41, 5.74) is 13.1. The third kappa shape index (κ3) is 6.06. The third-order valence-corrected chi connectivity index (χ3v) is 10.8. The predicted octanol–water partition coefficient (Wildman–Crippen LogP) is 13.7. The van der Waals surface area contributed by atoms with E-state index in [1.165, 1.54) is 16.3 Å². The fourth-order valence-electron chi connectivity index (χ4n) is 8.00. The maximum absolute atomic E-state index is 5.39. The lowest BCUT2D eigenvalue weighted by atomic mass is 9.90. The molecule has 9 rings (SSSR count). The number of rotatable bonds is 9. The number of para-hydroxylation sites is 4. The van der Waals surface area contributed by atoms with Crippen LogP contribution >= 0.6 is 0 Å². The summed E-state index contributed by atoms with van der Waals surface area (Å²) < 4.78 is 2.42. The largest absolute Gasteiger partial charge is 0.332 e. The van der Waals surface area contributed by atoms with E-state index in [0.717, 1.165) is 67.3 Å². The number of aryl methyl sites for hydroxylation is 1. The van der Waals surface area contributed by atoms with Crippen molar-refractivity contribution in [2.75, 3.05) is 4.90 Å². The van der Waals surface area contributed by atoms with Crippen LogP contribution in [0.5, 0.6) is 0 Å². The second-order valence-corrected chi connectivity index (χ2v) is 14.8. The fraction of sp³-hybridized carbons (Fsp3) is 0.0769. The first-order chi connectivity index (χ1) is 27.4. The minimum absolute atomic E-state index is 0.475. The van der Waals surface area contributed by atoms with Crippen molar-refractivity contribution in [2.45, 2.75) is 26.3 Å². The second kappa shape index (κ2) is 14.3. The Hall–Kier alpha value is -7.04. The van der Waals surface area contributed by atoms with Gasteiger partial charge in [-0.2, -0.15) is 0 Å². The molecule has 4 heteroatoms. The molecule has 0 spiro atoms. The number of aromatic nitrogens is 3. The highest BCUT2D eigenvalue weighted by Gasteiger charge is 2.31. The topological polar surface area (TPSA) is 34.0 Å². The van der Waals surface area contributed by atoms with Crippen LogP contribution in [-0.2, 0) is 0 Å². The van der Waals surface area contributed by atoms with Crippen molar-refractivity contribution in [3.8, 4) is 50.7 Å². The molecule has 9 aromatic rings. The van der Waals surface area contributed by atoms with Crippen LogP contribution in [-0.4, -0.2) is 20.1 Å². The summed E-state index contributed by atoms with van der Waals surface area (Å²) in [5, 5.41) is 2.44. The summed E-state index contributed by atoms with van der Waals surface area (Å²) in [5.74, 6) is 0.677. The minimum Gasteiger partial charge on any atom is -0.332 e. The lowest BCUT2D eigenvalue weighted by molar-refractivity contribution is 0.629. The Bertz CT molecular complexity index is 2760. The van der Waals surface area contributed by atoms with E-state index in [4.69, 9.17) is 9.97 Å². The average molecular weight is 723 g/mol. The normalized spacial score (nSPS) is 11.6. The zero-order chi connectivity index (χ0) is 38.2. The first-order valence-electron chi connectivity index (χ1n) is 19.1. The summed E-state index contributed by atoms with van der Waals surface area (Å²) in [6, 6.07) is 64.2. The van der Waals surface area contributed by atoms with Gasteiger partial charge in [0, 0.05) is 44.3 Å². The molecule has 0 aliphatic carbocycles. The molecule has 0 aliphatic heterocycles. The van der Waals surface area contributed by atoms with Gasteiger partial charge in [0.1, 0.15) is 0 Å². The Morgan fingerprint density at radius 3 is 1.75 bits per heavy atom. The first kappa shape index (κ1) is 34.7. The Balaban J connectivity index is 1.42. The lowest BCUT2D eigenvalue weighted by Crippen LogP contribution is -2.39. The summed E-state index contributed by atoms with van der Waals surface area (Å²) in [6.45, 7) is 11.0. The van der Waals surface area contributed by atoms with E-state index in [2.05, 4.69) is 195 Å². The van der Waals surface area contributed by atoms with E-state index in [1.54, 1.807) is 0 Å². The van der Waals surface area contributed by atoms with Crippen molar-refractivity contribution in [2.24, 2.45) is 0 Å². The number of hydrogen-bond acceptors (Lipinski definition) is 3. The Labute approximate surface area is 328 Å². The Kier molecular flexibility index (Phi) is 8.87. The molecule has 0 radical (unpaired) electrons. The number of benzene rings is 7. The standard InChI is InChI=1S/C52H42N4/c1-5-52(3,4)56(45-30-16-12-21-36(45)2)49-34-20-29-41(44-35-43(37-22-8-6-9-23-37)53-51(54-44)38-24-10-7-11-25-38)50(49)42-28-15-19-33-48(42)55-46-31-17-13-26-39(46)40-27-14-18-32-47(40)55/h5-35H,1H2,2-4H3. The van der Waals surface area contributed by atoms with E-state index in [0.29, 0.717) is 5.82 Å². The average Bonchev–Trinajstić information content (AvgIpc) is 3.59. The van der Waals surface area contributed by atoms with Crippen LogP contribution in [0.3, 0.4) is 0 Å². The molecule has 0 atom stereocenters. The summed E-state index contributed by atoms with van der Waals surface area (Å²) in [6.07, 6.45) is 2.04. The van der Waals surface area contributed by atoms with Gasteiger partial charge in [0.2, 0.25) is 0 Å². The van der Waals surface area contributed by atoms with Crippen molar-refractivity contribution in [3.05, 3.63) is 200 Å². The number of nitrogens with zero attached hydrogens (tertiary/aromatic N) is 4. The van der Waals surface area contributed by atoms with Gasteiger partial charge in [-0.15, -0.1) is 6.58 Å². The van der Waals surface area contributed by atoms with E-state index < -0.39 is 5.54 Å². The van der Waals surface area contributed by atoms with Gasteiger partial charge in [0.25, 0.3) is 0 Å². The zero-order valence-electron chi connectivity index (χ0n) is 31.9. The fourth-order valence-corrected chi connectivity index (χ4v) is 8.00. The molecular formula is C52H42N4. The first-order valence-corrected chi connectivity index (χ1v) is 19.1. The number of fused-ring (bicyclic) bond motifs is 3. The lowest BCUT2D eigenvalue weighted by Gasteiger charge is -2.41. The molecule has 2 heterocycles. The minimum atomic E-state index is -0.475. The molecule has 7 aromatic carbocycles. The summed E-state index contributed by atoms with van der Waals surface area (Å²) in [7, 11) is 0. The van der Waals surface area contributed by atoms with Crippen LogP contribution in [0.2, 0.25) is 0 Å². The highest BCUT2D eigenvalue weighted by atomic mass is 15.2. The van der Waals surface area contributed by atoms with E-state index >= 15 is 0 Å². The third-order valence-electron chi connectivity index (χ3n) is 10.8. The molecule has 2 aromatic heterocycles. The van der Waals surface area contributed by atoms with Crippen molar-refractivity contribution in [3.63, 3.8) is 0 Å². The molecule has 0 bridgehead atoms. The molecule has 270 valence electrons. The summed E-state index contributed by atoms with van der Waals surface area (Å²) in [4.78, 5) is 13.0. The molecular weight excluding hydrogens is 681 g/mol. The number of hydrogen-bond donors (Lipinski definition) is 0. The van der Waals surface area contributed by atoms with Crippen LogP contribution in [0.1, 0.15) is 19.4 Å². The van der Waals surface area contributed by atoms with Crippen molar-refractivity contribution < 1.29 is 0 Å². The van der Waals surface area contributed by atoms with Gasteiger partial charge in [0.15, 0.2) is 5.82 Å². The molecule has 0 saturated heterocycles. The monoisotopic (exact) mass is 722 g/mol. The molecule has 0 amide bonds. The van der Waals surface area contributed by atoms with Gasteiger partial charge < -0.3 is 9.47 Å². The van der Waals surface area contributed by atoms with E-state index in [-0.39, 0.29) is 0 Å². The molecule has 4 nitrogen and oxygen atoms in total. The highest BCUT2D eigenvalue weighted by Crippen LogP contribution is 2.48. The number of anilines is 2. The van der Waals surface area contributed by atoms with Crippen molar-refractivity contribution in [1.82, 2.24) is 14.5 Å². The van der Waals surface area contributed by atoms with Gasteiger partial charge in [-0.1, -0.05) is 152 Å².